The molecule has 0 heterocycles. The molecule has 0 unspecified atom stereocenters. The number of carbonyl (C=O) groups excluding carboxylic acids is 1. The summed E-state index contributed by atoms with van der Waals surface area (Å²) >= 11 is 5.94. The van der Waals surface area contributed by atoms with Crippen LogP contribution in [0.2, 0.25) is 5.02 Å². The molecule has 0 spiro atoms. The lowest BCUT2D eigenvalue weighted by Crippen LogP contribution is -2.13. The van der Waals surface area contributed by atoms with E-state index in [0.717, 1.165) is 5.56 Å². The summed E-state index contributed by atoms with van der Waals surface area (Å²) in [6.07, 6.45) is 0.519. The van der Waals surface area contributed by atoms with Gasteiger partial charge in [-0.15, -0.1) is 0 Å². The molecular weight excluding hydrogens is 336 g/mol. The molecule has 7 nitrogen and oxygen atoms in total. The van der Waals surface area contributed by atoms with Crippen LogP contribution in [0.5, 0.6) is 0 Å². The first-order chi connectivity index (χ1) is 11.4. The molecule has 0 aliphatic carbocycles. The average Bonchev–Trinajstić information content (AvgIpc) is 2.55. The van der Waals surface area contributed by atoms with Crippen molar-refractivity contribution in [2.75, 3.05) is 5.32 Å². The first kappa shape index (κ1) is 17.4. The van der Waals surface area contributed by atoms with Gasteiger partial charge in [-0.05, 0) is 30.2 Å². The zero-order valence-corrected chi connectivity index (χ0v) is 13.1. The highest BCUT2D eigenvalue weighted by molar-refractivity contribution is 6.33. The zero-order valence-electron chi connectivity index (χ0n) is 12.4. The number of hydrogen-bond donors (Lipinski definition) is 2. The molecule has 1 amide bonds. The predicted molar refractivity (Wildman–Crippen MR) is 88.5 cm³/mol. The van der Waals surface area contributed by atoms with E-state index in [1.54, 1.807) is 12.1 Å². The van der Waals surface area contributed by atoms with Crippen LogP contribution in [0.4, 0.5) is 11.4 Å². The molecule has 0 bridgehead atoms. The first-order valence-corrected chi connectivity index (χ1v) is 7.30. The minimum absolute atomic E-state index is 0.0135. The maximum Gasteiger partial charge on any atom is 0.335 e. The number of nitrogens with one attached hydrogen (secondary N) is 1. The Bertz CT molecular complexity index is 790. The van der Waals surface area contributed by atoms with Gasteiger partial charge in [0.15, 0.2) is 0 Å². The molecule has 124 valence electrons. The number of carboxylic acids is 1. The predicted octanol–water partition coefficient (Wildman–Crippen LogP) is 3.52. The quantitative estimate of drug-likeness (QED) is 0.613. The van der Waals surface area contributed by atoms with Crippen LogP contribution < -0.4 is 5.32 Å². The number of rotatable bonds is 6. The Kier molecular flexibility index (Phi) is 5.49. The minimum Gasteiger partial charge on any atom is -0.478 e. The van der Waals surface area contributed by atoms with E-state index < -0.39 is 10.9 Å². The number of anilines is 1. The smallest absolute Gasteiger partial charge is 0.335 e. The second-order valence-corrected chi connectivity index (χ2v) is 5.38. The van der Waals surface area contributed by atoms with Gasteiger partial charge in [-0.1, -0.05) is 23.7 Å². The van der Waals surface area contributed by atoms with E-state index in [2.05, 4.69) is 5.32 Å². The maximum absolute atomic E-state index is 12.0. The van der Waals surface area contributed by atoms with Crippen molar-refractivity contribution >= 4 is 34.9 Å². The Labute approximate surface area is 142 Å². The number of aromatic carboxylic acids is 1. The number of non-ortho nitro benzene ring substituents is 1. The van der Waals surface area contributed by atoms with Crippen LogP contribution in [-0.4, -0.2) is 21.9 Å². The van der Waals surface area contributed by atoms with E-state index in [1.807, 2.05) is 0 Å². The van der Waals surface area contributed by atoms with Crippen LogP contribution in [0.15, 0.2) is 42.5 Å². The number of nitrogens with zero attached hydrogens (tertiary/aromatic N) is 1. The summed E-state index contributed by atoms with van der Waals surface area (Å²) in [5, 5.41) is 22.3. The molecule has 2 N–H and O–H groups in total. The van der Waals surface area contributed by atoms with E-state index >= 15 is 0 Å². The normalized spacial score (nSPS) is 10.2. The van der Waals surface area contributed by atoms with Gasteiger partial charge in [-0.3, -0.25) is 14.9 Å². The highest BCUT2D eigenvalue weighted by Crippen LogP contribution is 2.23. The Morgan fingerprint density at radius 2 is 1.83 bits per heavy atom. The number of aryl methyl sites for hydroxylation is 1. The molecule has 24 heavy (non-hydrogen) atoms. The Morgan fingerprint density at radius 1 is 1.17 bits per heavy atom. The highest BCUT2D eigenvalue weighted by Gasteiger charge is 2.11. The number of carboxylic acid groups (broad SMARTS) is 1. The third-order valence-corrected chi connectivity index (χ3v) is 3.60. The maximum atomic E-state index is 12.0. The number of carbonyl (C=O) groups is 2. The van der Waals surface area contributed by atoms with E-state index in [4.69, 9.17) is 16.7 Å². The molecule has 2 aromatic rings. The standard InChI is InChI=1S/C16H13ClN2O5/c17-13-7-4-11(16(21)22)9-14(13)18-15(20)8-3-10-1-5-12(6-2-10)19(23)24/h1-2,4-7,9H,3,8H2,(H,18,20)(H,21,22). The number of amides is 1. The Morgan fingerprint density at radius 3 is 2.42 bits per heavy atom. The van der Waals surface area contributed by atoms with Crippen molar-refractivity contribution in [3.8, 4) is 0 Å². The monoisotopic (exact) mass is 348 g/mol. The number of benzene rings is 2. The second kappa shape index (κ2) is 7.56. The molecule has 0 radical (unpaired) electrons. The van der Waals surface area contributed by atoms with Gasteiger partial charge in [0.25, 0.3) is 5.69 Å². The summed E-state index contributed by atoms with van der Waals surface area (Å²) in [6.45, 7) is 0. The van der Waals surface area contributed by atoms with Gasteiger partial charge in [0.05, 0.1) is 21.2 Å². The average molecular weight is 349 g/mol. The molecule has 0 fully saturated rings. The Balaban J connectivity index is 1.97. The third kappa shape index (κ3) is 4.53. The van der Waals surface area contributed by atoms with Gasteiger partial charge in [-0.25, -0.2) is 4.79 Å². The van der Waals surface area contributed by atoms with Crippen molar-refractivity contribution in [3.63, 3.8) is 0 Å². The van der Waals surface area contributed by atoms with Crippen molar-refractivity contribution in [1.82, 2.24) is 0 Å². The summed E-state index contributed by atoms with van der Waals surface area (Å²) in [5.74, 6) is -1.45. The number of halogens is 1. The minimum atomic E-state index is -1.12. The number of hydrogen-bond acceptors (Lipinski definition) is 4. The summed E-state index contributed by atoms with van der Waals surface area (Å²) in [5.41, 5.74) is 1.01. The van der Waals surface area contributed by atoms with Crippen LogP contribution in [0.1, 0.15) is 22.3 Å². The molecule has 0 atom stereocenters. The highest BCUT2D eigenvalue weighted by atomic mass is 35.5. The van der Waals surface area contributed by atoms with Gasteiger partial charge in [0.2, 0.25) is 5.91 Å². The molecule has 8 heteroatoms. The SMILES string of the molecule is O=C(CCc1ccc([N+](=O)[O-])cc1)Nc1cc(C(=O)O)ccc1Cl. The summed E-state index contributed by atoms with van der Waals surface area (Å²) in [4.78, 5) is 33.0. The van der Waals surface area contributed by atoms with E-state index in [-0.39, 0.29) is 34.3 Å². The summed E-state index contributed by atoms with van der Waals surface area (Å²) in [7, 11) is 0. The van der Waals surface area contributed by atoms with Crippen LogP contribution in [0, 0.1) is 10.1 Å². The molecule has 0 saturated heterocycles. The second-order valence-electron chi connectivity index (χ2n) is 4.97. The van der Waals surface area contributed by atoms with Crippen LogP contribution in [0.25, 0.3) is 0 Å². The van der Waals surface area contributed by atoms with Gasteiger partial charge >= 0.3 is 5.97 Å². The fourth-order valence-electron chi connectivity index (χ4n) is 2.01. The van der Waals surface area contributed by atoms with Crippen molar-refractivity contribution in [2.45, 2.75) is 12.8 Å². The van der Waals surface area contributed by atoms with Crippen molar-refractivity contribution in [2.24, 2.45) is 0 Å². The van der Waals surface area contributed by atoms with Gasteiger partial charge in [-0.2, -0.15) is 0 Å². The topological polar surface area (TPSA) is 110 Å². The van der Waals surface area contributed by atoms with Crippen LogP contribution in [-0.2, 0) is 11.2 Å². The van der Waals surface area contributed by atoms with Crippen molar-refractivity contribution < 1.29 is 19.6 Å². The number of nitro groups is 1. The van der Waals surface area contributed by atoms with Crippen molar-refractivity contribution in [3.05, 3.63) is 68.7 Å². The number of nitro benzene ring substituents is 1. The summed E-state index contributed by atoms with van der Waals surface area (Å²) < 4.78 is 0. The van der Waals surface area contributed by atoms with Crippen LogP contribution >= 0.6 is 11.6 Å². The zero-order chi connectivity index (χ0) is 17.7. The lowest BCUT2D eigenvalue weighted by atomic mass is 10.1. The molecule has 2 rings (SSSR count). The summed E-state index contributed by atoms with van der Waals surface area (Å²) in [6, 6.07) is 9.95. The van der Waals surface area contributed by atoms with Crippen LogP contribution in [0.3, 0.4) is 0 Å². The molecule has 0 aliphatic heterocycles. The van der Waals surface area contributed by atoms with Gasteiger partial charge in [0.1, 0.15) is 0 Å². The Hall–Kier alpha value is -2.93. The van der Waals surface area contributed by atoms with E-state index in [9.17, 15) is 19.7 Å². The van der Waals surface area contributed by atoms with Gasteiger partial charge in [0, 0.05) is 18.6 Å². The van der Waals surface area contributed by atoms with Gasteiger partial charge < -0.3 is 10.4 Å². The van der Waals surface area contributed by atoms with Crippen molar-refractivity contribution in [1.29, 1.82) is 0 Å². The lowest BCUT2D eigenvalue weighted by Gasteiger charge is -2.08. The molecule has 2 aromatic carbocycles. The molecule has 0 aromatic heterocycles. The fraction of sp³-hybridized carbons (Fsp3) is 0.125. The largest absolute Gasteiger partial charge is 0.478 e. The molecule has 0 saturated carbocycles. The van der Waals surface area contributed by atoms with E-state index in [1.165, 1.54) is 30.3 Å². The van der Waals surface area contributed by atoms with E-state index in [0.29, 0.717) is 6.42 Å². The fourth-order valence-corrected chi connectivity index (χ4v) is 2.17. The molecule has 0 aliphatic rings. The third-order valence-electron chi connectivity index (χ3n) is 3.28. The lowest BCUT2D eigenvalue weighted by molar-refractivity contribution is -0.384. The first-order valence-electron chi connectivity index (χ1n) is 6.93. The molecular formula is C16H13ClN2O5.